The first-order valence-electron chi connectivity index (χ1n) is 12.6. The molecule has 0 bridgehead atoms. The molecule has 0 unspecified atom stereocenters. The van der Waals surface area contributed by atoms with Gasteiger partial charge in [-0.25, -0.2) is 9.18 Å². The zero-order chi connectivity index (χ0) is 25.7. The lowest BCUT2D eigenvalue weighted by Gasteiger charge is -2.41. The third-order valence-corrected chi connectivity index (χ3v) is 7.14. The quantitative estimate of drug-likeness (QED) is 0.433. The monoisotopic (exact) mass is 492 g/mol. The number of hydrogen-bond acceptors (Lipinski definition) is 4. The number of halogens is 1. The largest absolute Gasteiger partial charge is 0.337 e. The molecule has 0 aliphatic carbocycles. The molecule has 3 heterocycles. The highest BCUT2D eigenvalue weighted by molar-refractivity contribution is 6.07. The maximum Gasteiger partial charge on any atom is 0.325 e. The van der Waals surface area contributed by atoms with Crippen LogP contribution in [0.15, 0.2) is 60.6 Å². The van der Waals surface area contributed by atoms with Gasteiger partial charge >= 0.3 is 6.03 Å². The summed E-state index contributed by atoms with van der Waals surface area (Å²) in [5.41, 5.74) is 0.240. The fourth-order valence-corrected chi connectivity index (χ4v) is 5.09. The summed E-state index contributed by atoms with van der Waals surface area (Å²) in [5.74, 6) is -1.48. The van der Waals surface area contributed by atoms with Gasteiger partial charge in [0.2, 0.25) is 0 Å². The summed E-state index contributed by atoms with van der Waals surface area (Å²) < 4.78 is 14.7. The topological polar surface area (TPSA) is 82.6 Å². The van der Waals surface area contributed by atoms with Crippen molar-refractivity contribution in [2.45, 2.75) is 51.6 Å². The van der Waals surface area contributed by atoms with Crippen molar-refractivity contribution in [1.82, 2.24) is 20.1 Å². The molecule has 2 aliphatic rings. The second-order valence-electron chi connectivity index (χ2n) is 10.0. The van der Waals surface area contributed by atoms with Crippen molar-refractivity contribution in [1.29, 1.82) is 0 Å². The SMILES string of the molecule is CC(C)CC[C@]1(C2CCN(C(=O)/C(F)=C/c3ccccc3)CC2)NC(=O)N(Cc2ccccn2)C1=O. The molecule has 4 rings (SSSR count). The van der Waals surface area contributed by atoms with Crippen LogP contribution in [-0.2, 0) is 16.1 Å². The first kappa shape index (κ1) is 25.5. The number of pyridine rings is 1. The lowest BCUT2D eigenvalue weighted by atomic mass is 9.74. The molecular formula is C28H33FN4O3. The number of aromatic nitrogens is 1. The normalized spacial score (nSPS) is 21.3. The molecule has 1 N–H and O–H groups in total. The summed E-state index contributed by atoms with van der Waals surface area (Å²) in [6.07, 6.45) is 5.19. The molecule has 2 fully saturated rings. The van der Waals surface area contributed by atoms with Gasteiger partial charge in [0.15, 0.2) is 5.83 Å². The van der Waals surface area contributed by atoms with E-state index in [2.05, 4.69) is 24.1 Å². The van der Waals surface area contributed by atoms with Crippen molar-refractivity contribution in [2.24, 2.45) is 11.8 Å². The Bertz CT molecular complexity index is 1110. The molecule has 0 saturated carbocycles. The number of nitrogens with zero attached hydrogens (tertiary/aromatic N) is 3. The summed E-state index contributed by atoms with van der Waals surface area (Å²) in [6, 6.07) is 13.9. The minimum atomic E-state index is -1.02. The van der Waals surface area contributed by atoms with Gasteiger partial charge in [-0.05, 0) is 61.3 Å². The average Bonchev–Trinajstić information content (AvgIpc) is 3.13. The Balaban J connectivity index is 1.48. The van der Waals surface area contributed by atoms with Crippen molar-refractivity contribution in [2.75, 3.05) is 13.1 Å². The van der Waals surface area contributed by atoms with Crippen molar-refractivity contribution in [3.63, 3.8) is 0 Å². The van der Waals surface area contributed by atoms with E-state index in [1.54, 1.807) is 42.6 Å². The van der Waals surface area contributed by atoms with Crippen molar-refractivity contribution < 1.29 is 18.8 Å². The van der Waals surface area contributed by atoms with Crippen LogP contribution >= 0.6 is 0 Å². The number of imide groups is 1. The molecule has 7 nitrogen and oxygen atoms in total. The van der Waals surface area contributed by atoms with Crippen LogP contribution in [0.3, 0.4) is 0 Å². The van der Waals surface area contributed by atoms with E-state index in [0.29, 0.717) is 49.5 Å². The van der Waals surface area contributed by atoms with Gasteiger partial charge < -0.3 is 10.2 Å². The number of urea groups is 1. The van der Waals surface area contributed by atoms with Crippen LogP contribution in [0.25, 0.3) is 6.08 Å². The molecule has 1 atom stereocenters. The molecule has 2 saturated heterocycles. The Hall–Kier alpha value is -3.55. The number of nitrogens with one attached hydrogen (secondary N) is 1. The Morgan fingerprint density at radius 1 is 1.14 bits per heavy atom. The number of amides is 4. The smallest absolute Gasteiger partial charge is 0.325 e. The van der Waals surface area contributed by atoms with Gasteiger partial charge in [-0.3, -0.25) is 19.5 Å². The number of likely N-dealkylation sites (tertiary alicyclic amines) is 1. The van der Waals surface area contributed by atoms with Crippen molar-refractivity contribution in [3.8, 4) is 0 Å². The van der Waals surface area contributed by atoms with E-state index in [4.69, 9.17) is 0 Å². The van der Waals surface area contributed by atoms with E-state index in [-0.39, 0.29) is 18.4 Å². The van der Waals surface area contributed by atoms with Gasteiger partial charge in [0.1, 0.15) is 5.54 Å². The Morgan fingerprint density at radius 2 is 1.83 bits per heavy atom. The predicted molar refractivity (Wildman–Crippen MR) is 135 cm³/mol. The summed E-state index contributed by atoms with van der Waals surface area (Å²) in [6.45, 7) is 4.94. The third-order valence-electron chi connectivity index (χ3n) is 7.14. The van der Waals surface area contributed by atoms with Crippen LogP contribution in [0.5, 0.6) is 0 Å². The standard InChI is InChI=1S/C28H33FN4O3/c1-20(2)11-14-28(26(35)33(27(36)31-28)19-23-10-6-7-15-30-23)22-12-16-32(17-13-22)25(34)24(29)18-21-8-4-3-5-9-21/h3-10,15,18,20,22H,11-14,16-17,19H2,1-2H3,(H,31,36)/b24-18-/t28-/m1/s1. The fourth-order valence-electron chi connectivity index (χ4n) is 5.09. The van der Waals surface area contributed by atoms with Gasteiger partial charge in [0.25, 0.3) is 11.8 Å². The summed E-state index contributed by atoms with van der Waals surface area (Å²) >= 11 is 0. The average molecular weight is 493 g/mol. The van der Waals surface area contributed by atoms with E-state index in [0.717, 1.165) is 6.42 Å². The minimum Gasteiger partial charge on any atom is -0.337 e. The van der Waals surface area contributed by atoms with Gasteiger partial charge in [0, 0.05) is 19.3 Å². The van der Waals surface area contributed by atoms with Gasteiger partial charge in [-0.1, -0.05) is 50.2 Å². The zero-order valence-corrected chi connectivity index (χ0v) is 20.8. The van der Waals surface area contributed by atoms with E-state index < -0.39 is 23.3 Å². The summed E-state index contributed by atoms with van der Waals surface area (Å²) in [5, 5.41) is 3.03. The van der Waals surface area contributed by atoms with Crippen LogP contribution in [0.4, 0.5) is 9.18 Å². The molecule has 2 aromatic rings. The molecule has 1 aromatic carbocycles. The lowest BCUT2D eigenvalue weighted by molar-refractivity contribution is -0.136. The molecule has 0 radical (unpaired) electrons. The molecule has 1 aromatic heterocycles. The Kier molecular flexibility index (Phi) is 7.82. The van der Waals surface area contributed by atoms with Crippen LogP contribution in [-0.4, -0.2) is 51.3 Å². The zero-order valence-electron chi connectivity index (χ0n) is 20.8. The highest BCUT2D eigenvalue weighted by atomic mass is 19.1. The second-order valence-corrected chi connectivity index (χ2v) is 10.0. The third kappa shape index (κ3) is 5.48. The lowest BCUT2D eigenvalue weighted by Crippen LogP contribution is -2.56. The Labute approximate surface area is 211 Å². The van der Waals surface area contributed by atoms with Gasteiger partial charge in [-0.2, -0.15) is 0 Å². The highest BCUT2D eigenvalue weighted by Crippen LogP contribution is 2.38. The first-order chi connectivity index (χ1) is 17.3. The maximum atomic E-state index is 14.7. The highest BCUT2D eigenvalue weighted by Gasteiger charge is 2.55. The Morgan fingerprint density at radius 3 is 2.47 bits per heavy atom. The predicted octanol–water partition coefficient (Wildman–Crippen LogP) is 4.56. The molecule has 4 amide bonds. The fraction of sp³-hybridized carbons (Fsp3) is 0.429. The molecule has 0 spiro atoms. The van der Waals surface area contributed by atoms with Crippen LogP contribution in [0.1, 0.15) is 50.8 Å². The molecule has 36 heavy (non-hydrogen) atoms. The molecule has 8 heteroatoms. The number of carbonyl (C=O) groups excluding carboxylic acids is 3. The van der Waals surface area contributed by atoms with Gasteiger partial charge in [0.05, 0.1) is 12.2 Å². The number of piperidine rings is 1. The van der Waals surface area contributed by atoms with E-state index in [1.165, 1.54) is 15.9 Å². The molecule has 190 valence electrons. The van der Waals surface area contributed by atoms with Crippen LogP contribution in [0.2, 0.25) is 0 Å². The van der Waals surface area contributed by atoms with Crippen LogP contribution < -0.4 is 5.32 Å². The minimum absolute atomic E-state index is 0.113. The van der Waals surface area contributed by atoms with E-state index in [9.17, 15) is 18.8 Å². The van der Waals surface area contributed by atoms with Crippen molar-refractivity contribution in [3.05, 3.63) is 71.8 Å². The summed E-state index contributed by atoms with van der Waals surface area (Å²) in [4.78, 5) is 46.5. The summed E-state index contributed by atoms with van der Waals surface area (Å²) in [7, 11) is 0. The van der Waals surface area contributed by atoms with E-state index >= 15 is 0 Å². The first-order valence-corrected chi connectivity index (χ1v) is 12.6. The van der Waals surface area contributed by atoms with E-state index in [1.807, 2.05) is 12.1 Å². The molecule has 2 aliphatic heterocycles. The molecular weight excluding hydrogens is 459 g/mol. The number of hydrogen-bond donors (Lipinski definition) is 1. The van der Waals surface area contributed by atoms with Gasteiger partial charge in [-0.15, -0.1) is 0 Å². The number of rotatable bonds is 8. The van der Waals surface area contributed by atoms with Crippen molar-refractivity contribution >= 4 is 23.9 Å². The second kappa shape index (κ2) is 11.0. The maximum absolute atomic E-state index is 14.7. The number of carbonyl (C=O) groups is 3. The van der Waals surface area contributed by atoms with Crippen LogP contribution in [0, 0.1) is 11.8 Å². The number of benzene rings is 1.